The Morgan fingerprint density at radius 1 is 1.39 bits per heavy atom. The monoisotopic (exact) mass is 248 g/mol. The van der Waals surface area contributed by atoms with Crippen molar-refractivity contribution in [3.63, 3.8) is 0 Å². The van der Waals surface area contributed by atoms with Crippen molar-refractivity contribution >= 4 is 5.69 Å². The molecule has 0 radical (unpaired) electrons. The van der Waals surface area contributed by atoms with Gasteiger partial charge in [-0.3, -0.25) is 0 Å². The first-order valence-corrected chi connectivity index (χ1v) is 6.76. The molecule has 0 saturated heterocycles. The normalized spacial score (nSPS) is 14.8. The molecule has 0 unspecified atom stereocenters. The maximum atomic E-state index is 5.24. The molecule has 1 aliphatic rings. The molecule has 1 aromatic carbocycles. The fourth-order valence-corrected chi connectivity index (χ4v) is 2.40. The van der Waals surface area contributed by atoms with Gasteiger partial charge in [0, 0.05) is 31.9 Å². The summed E-state index contributed by atoms with van der Waals surface area (Å²) in [4.78, 5) is 2.51. The van der Waals surface area contributed by atoms with Crippen molar-refractivity contribution in [1.82, 2.24) is 5.32 Å². The van der Waals surface area contributed by atoms with Gasteiger partial charge in [0.25, 0.3) is 0 Å². The summed E-state index contributed by atoms with van der Waals surface area (Å²) in [6.45, 7) is 4.86. The van der Waals surface area contributed by atoms with E-state index < -0.39 is 0 Å². The Morgan fingerprint density at radius 2 is 2.17 bits per heavy atom. The van der Waals surface area contributed by atoms with E-state index >= 15 is 0 Å². The first kappa shape index (κ1) is 13.4. The molecule has 18 heavy (non-hydrogen) atoms. The Balaban J connectivity index is 2.21. The molecule has 1 N–H and O–H groups in total. The quantitative estimate of drug-likeness (QED) is 0.801. The molecule has 0 atom stereocenters. The highest BCUT2D eigenvalue weighted by Gasteiger charge is 2.29. The number of anilines is 1. The van der Waals surface area contributed by atoms with Crippen molar-refractivity contribution < 1.29 is 4.74 Å². The fraction of sp³-hybridized carbons (Fsp3) is 0.600. The Hall–Kier alpha value is -1.06. The molecule has 0 aliphatic heterocycles. The van der Waals surface area contributed by atoms with Crippen LogP contribution in [0.1, 0.15) is 24.0 Å². The summed E-state index contributed by atoms with van der Waals surface area (Å²) in [6.07, 6.45) is 2.63. The molecule has 2 rings (SSSR count). The predicted octanol–water partition coefficient (Wildman–Crippen LogP) is 2.33. The van der Waals surface area contributed by atoms with Gasteiger partial charge in [0.1, 0.15) is 0 Å². The van der Waals surface area contributed by atoms with E-state index in [0.29, 0.717) is 0 Å². The number of aryl methyl sites for hydroxylation is 1. The van der Waals surface area contributed by atoms with E-state index in [9.17, 15) is 0 Å². The summed E-state index contributed by atoms with van der Waals surface area (Å²) >= 11 is 0. The molecule has 0 amide bonds. The van der Waals surface area contributed by atoms with E-state index in [-0.39, 0.29) is 0 Å². The number of methoxy groups -OCH3 is 1. The minimum absolute atomic E-state index is 0.721. The van der Waals surface area contributed by atoms with Gasteiger partial charge in [-0.2, -0.15) is 0 Å². The van der Waals surface area contributed by atoms with Crippen LogP contribution >= 0.6 is 0 Å². The number of nitrogens with one attached hydrogen (secondary N) is 1. The summed E-state index contributed by atoms with van der Waals surface area (Å²) in [7, 11) is 3.78. The molecule has 1 fully saturated rings. The van der Waals surface area contributed by atoms with Crippen LogP contribution in [0, 0.1) is 6.92 Å². The van der Waals surface area contributed by atoms with Crippen LogP contribution in [0.5, 0.6) is 0 Å². The summed E-state index contributed by atoms with van der Waals surface area (Å²) in [5.41, 5.74) is 4.08. The van der Waals surface area contributed by atoms with Gasteiger partial charge in [0.05, 0.1) is 6.61 Å². The highest BCUT2D eigenvalue weighted by molar-refractivity contribution is 5.56. The van der Waals surface area contributed by atoms with Gasteiger partial charge in [-0.05, 0) is 38.4 Å². The highest BCUT2D eigenvalue weighted by Crippen LogP contribution is 2.33. The highest BCUT2D eigenvalue weighted by atomic mass is 16.5. The van der Waals surface area contributed by atoms with Crippen molar-refractivity contribution in [1.29, 1.82) is 0 Å². The first-order valence-electron chi connectivity index (χ1n) is 6.76. The Kier molecular flexibility index (Phi) is 4.61. The molecule has 1 aliphatic carbocycles. The summed E-state index contributed by atoms with van der Waals surface area (Å²) < 4.78 is 5.24. The lowest BCUT2D eigenvalue weighted by atomic mass is 10.1. The minimum atomic E-state index is 0.721. The second-order valence-corrected chi connectivity index (χ2v) is 5.08. The molecule has 0 heterocycles. The molecule has 100 valence electrons. The fourth-order valence-electron chi connectivity index (χ4n) is 2.40. The average molecular weight is 248 g/mol. The van der Waals surface area contributed by atoms with Gasteiger partial charge in [-0.15, -0.1) is 0 Å². The molecule has 0 bridgehead atoms. The van der Waals surface area contributed by atoms with Crippen molar-refractivity contribution in [2.75, 3.05) is 32.2 Å². The zero-order chi connectivity index (χ0) is 13.0. The Bertz CT molecular complexity index is 388. The lowest BCUT2D eigenvalue weighted by Gasteiger charge is -2.27. The molecule has 0 spiro atoms. The average Bonchev–Trinajstić information content (AvgIpc) is 3.17. The largest absolute Gasteiger partial charge is 0.383 e. The van der Waals surface area contributed by atoms with Gasteiger partial charge in [-0.1, -0.05) is 17.7 Å². The van der Waals surface area contributed by atoms with Crippen LogP contribution in [0.15, 0.2) is 18.2 Å². The van der Waals surface area contributed by atoms with E-state index in [1.54, 1.807) is 7.11 Å². The van der Waals surface area contributed by atoms with Crippen LogP contribution < -0.4 is 10.2 Å². The van der Waals surface area contributed by atoms with Crippen LogP contribution in [0.3, 0.4) is 0 Å². The lowest BCUT2D eigenvalue weighted by molar-refractivity contribution is 0.205. The maximum absolute atomic E-state index is 5.24. The molecular weight excluding hydrogens is 224 g/mol. The summed E-state index contributed by atoms with van der Waals surface area (Å²) in [5, 5.41) is 3.26. The predicted molar refractivity (Wildman–Crippen MR) is 76.2 cm³/mol. The van der Waals surface area contributed by atoms with Crippen molar-refractivity contribution in [2.45, 2.75) is 32.4 Å². The molecule has 3 nitrogen and oxygen atoms in total. The van der Waals surface area contributed by atoms with Crippen molar-refractivity contribution in [3.8, 4) is 0 Å². The maximum Gasteiger partial charge on any atom is 0.0637 e. The molecule has 1 aromatic rings. The number of ether oxygens (including phenoxy) is 1. The van der Waals surface area contributed by atoms with Crippen molar-refractivity contribution in [3.05, 3.63) is 29.3 Å². The van der Waals surface area contributed by atoms with Gasteiger partial charge >= 0.3 is 0 Å². The molecule has 0 aromatic heterocycles. The summed E-state index contributed by atoms with van der Waals surface area (Å²) in [5.74, 6) is 0. The van der Waals surface area contributed by atoms with Crippen LogP contribution in [0.4, 0.5) is 5.69 Å². The number of rotatable bonds is 7. The van der Waals surface area contributed by atoms with Gasteiger partial charge in [-0.25, -0.2) is 0 Å². The molecule has 3 heteroatoms. The SMILES string of the molecule is CNCc1cc(C)ccc1N(CCOC)C1CC1. The number of hydrogen-bond donors (Lipinski definition) is 1. The third-order valence-electron chi connectivity index (χ3n) is 3.44. The van der Waals surface area contributed by atoms with Crippen LogP contribution in [0.2, 0.25) is 0 Å². The van der Waals surface area contributed by atoms with E-state index in [4.69, 9.17) is 4.74 Å². The molecular formula is C15H24N2O. The van der Waals surface area contributed by atoms with E-state index in [0.717, 1.165) is 25.7 Å². The number of nitrogens with zero attached hydrogens (tertiary/aromatic N) is 1. The zero-order valence-electron chi connectivity index (χ0n) is 11.7. The van der Waals surface area contributed by atoms with Gasteiger partial charge < -0.3 is 15.0 Å². The van der Waals surface area contributed by atoms with Crippen LogP contribution in [0.25, 0.3) is 0 Å². The minimum Gasteiger partial charge on any atom is -0.383 e. The molecule has 1 saturated carbocycles. The van der Waals surface area contributed by atoms with E-state index in [1.165, 1.54) is 29.7 Å². The van der Waals surface area contributed by atoms with Gasteiger partial charge in [0.2, 0.25) is 0 Å². The van der Waals surface area contributed by atoms with Crippen LogP contribution in [-0.4, -0.2) is 33.4 Å². The lowest BCUT2D eigenvalue weighted by Crippen LogP contribution is -2.30. The third-order valence-corrected chi connectivity index (χ3v) is 3.44. The van der Waals surface area contributed by atoms with E-state index in [1.807, 2.05) is 7.05 Å². The van der Waals surface area contributed by atoms with Crippen molar-refractivity contribution in [2.24, 2.45) is 0 Å². The van der Waals surface area contributed by atoms with Gasteiger partial charge in [0.15, 0.2) is 0 Å². The Labute approximate surface area is 110 Å². The second-order valence-electron chi connectivity index (χ2n) is 5.08. The second kappa shape index (κ2) is 6.21. The number of hydrogen-bond acceptors (Lipinski definition) is 3. The standard InChI is InChI=1S/C15H24N2O/c1-12-4-7-15(13(10-12)11-16-2)17(8-9-18-3)14-5-6-14/h4,7,10,14,16H,5-6,8-9,11H2,1-3H3. The first-order chi connectivity index (χ1) is 8.76. The number of benzene rings is 1. The topological polar surface area (TPSA) is 24.5 Å². The smallest absolute Gasteiger partial charge is 0.0637 e. The summed E-state index contributed by atoms with van der Waals surface area (Å²) in [6, 6.07) is 7.47. The Morgan fingerprint density at radius 3 is 2.78 bits per heavy atom. The third kappa shape index (κ3) is 3.24. The van der Waals surface area contributed by atoms with E-state index in [2.05, 4.69) is 35.3 Å². The zero-order valence-corrected chi connectivity index (χ0v) is 11.7. The van der Waals surface area contributed by atoms with Crippen LogP contribution in [-0.2, 0) is 11.3 Å².